The molecule has 0 bridgehead atoms. The van der Waals surface area contributed by atoms with Crippen molar-refractivity contribution in [2.75, 3.05) is 25.1 Å². The minimum absolute atomic E-state index is 0.190. The van der Waals surface area contributed by atoms with Gasteiger partial charge in [-0.25, -0.2) is 4.98 Å². The van der Waals surface area contributed by atoms with E-state index in [1.807, 2.05) is 36.4 Å². The van der Waals surface area contributed by atoms with Crippen LogP contribution >= 0.6 is 11.3 Å². The zero-order valence-electron chi connectivity index (χ0n) is 18.5. The lowest BCUT2D eigenvalue weighted by Crippen LogP contribution is -2.46. The minimum Gasteiger partial charge on any atom is -0.388 e. The first kappa shape index (κ1) is 23.3. The van der Waals surface area contributed by atoms with Crippen LogP contribution in [0.5, 0.6) is 0 Å². The molecule has 1 aromatic carbocycles. The number of hydrogen-bond donors (Lipinski definition) is 4. The van der Waals surface area contributed by atoms with E-state index >= 15 is 0 Å². The van der Waals surface area contributed by atoms with Crippen LogP contribution in [0.25, 0.3) is 10.4 Å². The lowest BCUT2D eigenvalue weighted by molar-refractivity contribution is -0.184. The number of carbonyl (C=O) groups excluding carboxylic acids is 1. The second kappa shape index (κ2) is 9.20. The van der Waals surface area contributed by atoms with Crippen LogP contribution in [0.3, 0.4) is 0 Å². The Labute approximate surface area is 196 Å². The zero-order valence-corrected chi connectivity index (χ0v) is 19.3. The van der Waals surface area contributed by atoms with Crippen LogP contribution in [0.15, 0.2) is 48.5 Å². The van der Waals surface area contributed by atoms with Gasteiger partial charge < -0.3 is 30.7 Å². The molecule has 3 heterocycles. The molecular weight excluding hydrogens is 442 g/mol. The second-order valence-electron chi connectivity index (χ2n) is 8.76. The number of anilines is 2. The van der Waals surface area contributed by atoms with E-state index in [1.54, 1.807) is 26.0 Å². The van der Waals surface area contributed by atoms with Crippen LogP contribution in [-0.2, 0) is 21.7 Å². The lowest BCUT2D eigenvalue weighted by atomic mass is 9.91. The van der Waals surface area contributed by atoms with Crippen molar-refractivity contribution in [3.8, 4) is 10.4 Å². The first-order valence-electron chi connectivity index (χ1n) is 10.5. The highest BCUT2D eigenvalue weighted by atomic mass is 32.1. The van der Waals surface area contributed by atoms with E-state index in [4.69, 9.17) is 15.2 Å². The number of aliphatic hydroxyl groups is 2. The molecule has 4 rings (SSSR count). The topological polar surface area (TPSA) is 127 Å². The van der Waals surface area contributed by atoms with Crippen molar-refractivity contribution >= 4 is 28.1 Å². The van der Waals surface area contributed by atoms with Crippen molar-refractivity contribution in [3.63, 3.8) is 0 Å². The third-order valence-corrected chi connectivity index (χ3v) is 6.24. The SMILES string of the molecule is CC(C)(O)COCc1cccc(Nc2sc(-c3ccc(C4(O)COC4)cc3)cc2C(N)=O)n1. The Kier molecular flexibility index (Phi) is 6.51. The molecule has 9 heteroatoms. The van der Waals surface area contributed by atoms with Crippen LogP contribution in [0.2, 0.25) is 0 Å². The summed E-state index contributed by atoms with van der Waals surface area (Å²) in [5.74, 6) is 0.0139. The number of ether oxygens (including phenoxy) is 2. The first-order chi connectivity index (χ1) is 15.6. The van der Waals surface area contributed by atoms with Crippen molar-refractivity contribution in [1.82, 2.24) is 4.98 Å². The average molecular weight is 470 g/mol. The van der Waals surface area contributed by atoms with Gasteiger partial charge in [0.2, 0.25) is 0 Å². The number of amides is 1. The van der Waals surface area contributed by atoms with Crippen molar-refractivity contribution < 1.29 is 24.5 Å². The van der Waals surface area contributed by atoms with Crippen molar-refractivity contribution in [3.05, 3.63) is 65.4 Å². The highest BCUT2D eigenvalue weighted by molar-refractivity contribution is 7.19. The molecule has 0 spiro atoms. The number of benzene rings is 1. The minimum atomic E-state index is -0.924. The summed E-state index contributed by atoms with van der Waals surface area (Å²) in [5.41, 5.74) is 6.55. The smallest absolute Gasteiger partial charge is 0.251 e. The number of nitrogens with zero attached hydrogens (tertiary/aromatic N) is 1. The van der Waals surface area contributed by atoms with Gasteiger partial charge in [-0.3, -0.25) is 4.79 Å². The van der Waals surface area contributed by atoms with E-state index in [2.05, 4.69) is 10.3 Å². The number of rotatable bonds is 9. The maximum Gasteiger partial charge on any atom is 0.251 e. The molecule has 1 saturated heterocycles. The molecule has 1 amide bonds. The van der Waals surface area contributed by atoms with Gasteiger partial charge in [0.15, 0.2) is 0 Å². The molecule has 1 aliphatic rings. The fourth-order valence-corrected chi connectivity index (χ4v) is 4.44. The summed E-state index contributed by atoms with van der Waals surface area (Å²) >= 11 is 1.39. The van der Waals surface area contributed by atoms with E-state index in [1.165, 1.54) is 11.3 Å². The Bertz CT molecular complexity index is 1130. The van der Waals surface area contributed by atoms with Crippen LogP contribution in [0, 0.1) is 0 Å². The Balaban J connectivity index is 1.52. The van der Waals surface area contributed by atoms with E-state index in [-0.39, 0.29) is 13.2 Å². The maximum atomic E-state index is 12.1. The highest BCUT2D eigenvalue weighted by Crippen LogP contribution is 2.38. The number of thiophene rings is 1. The van der Waals surface area contributed by atoms with E-state index < -0.39 is 17.1 Å². The predicted octanol–water partition coefficient (Wildman–Crippen LogP) is 3.16. The second-order valence-corrected chi connectivity index (χ2v) is 9.82. The Morgan fingerprint density at radius 1 is 1.27 bits per heavy atom. The molecule has 0 aliphatic carbocycles. The Morgan fingerprint density at radius 3 is 2.61 bits per heavy atom. The lowest BCUT2D eigenvalue weighted by Gasteiger charge is -2.36. The molecule has 1 fully saturated rings. The predicted molar refractivity (Wildman–Crippen MR) is 126 cm³/mol. The Morgan fingerprint density at radius 2 is 2.00 bits per heavy atom. The normalized spacial score (nSPS) is 15.2. The van der Waals surface area contributed by atoms with Gasteiger partial charge in [-0.1, -0.05) is 30.3 Å². The number of nitrogens with two attached hydrogens (primary N) is 1. The number of pyridine rings is 1. The molecule has 0 radical (unpaired) electrons. The number of nitrogens with one attached hydrogen (secondary N) is 1. The van der Waals surface area contributed by atoms with Gasteiger partial charge >= 0.3 is 0 Å². The third kappa shape index (κ3) is 5.58. The molecule has 3 aromatic rings. The summed E-state index contributed by atoms with van der Waals surface area (Å²) in [4.78, 5) is 17.5. The average Bonchev–Trinajstić information content (AvgIpc) is 3.15. The van der Waals surface area contributed by atoms with Gasteiger partial charge in [-0.15, -0.1) is 11.3 Å². The number of carbonyl (C=O) groups is 1. The summed E-state index contributed by atoms with van der Waals surface area (Å²) in [5, 5.41) is 24.0. The third-order valence-electron chi connectivity index (χ3n) is 5.14. The quantitative estimate of drug-likeness (QED) is 0.379. The number of hydrogen-bond acceptors (Lipinski definition) is 8. The van der Waals surface area contributed by atoms with Crippen LogP contribution in [0.1, 0.15) is 35.5 Å². The zero-order chi connectivity index (χ0) is 23.6. The Hall–Kier alpha value is -2.82. The van der Waals surface area contributed by atoms with Gasteiger partial charge in [0, 0.05) is 4.88 Å². The van der Waals surface area contributed by atoms with E-state index in [9.17, 15) is 15.0 Å². The molecule has 0 unspecified atom stereocenters. The number of primary amides is 1. The van der Waals surface area contributed by atoms with Crippen molar-refractivity contribution in [1.29, 1.82) is 0 Å². The van der Waals surface area contributed by atoms with Gasteiger partial charge in [0.05, 0.1) is 43.3 Å². The van der Waals surface area contributed by atoms with E-state index in [0.717, 1.165) is 16.0 Å². The summed E-state index contributed by atoms with van der Waals surface area (Å²) < 4.78 is 10.6. The molecule has 0 saturated carbocycles. The molecule has 1 aliphatic heterocycles. The van der Waals surface area contributed by atoms with Crippen molar-refractivity contribution in [2.24, 2.45) is 5.73 Å². The summed E-state index contributed by atoms with van der Waals surface area (Å²) in [7, 11) is 0. The largest absolute Gasteiger partial charge is 0.388 e. The summed E-state index contributed by atoms with van der Waals surface area (Å²) in [6.45, 7) is 4.38. The monoisotopic (exact) mass is 469 g/mol. The number of aromatic nitrogens is 1. The summed E-state index contributed by atoms with van der Waals surface area (Å²) in [6.07, 6.45) is 0. The molecule has 5 N–H and O–H groups in total. The molecule has 33 heavy (non-hydrogen) atoms. The van der Waals surface area contributed by atoms with Gasteiger partial charge in [0.25, 0.3) is 5.91 Å². The van der Waals surface area contributed by atoms with Crippen LogP contribution < -0.4 is 11.1 Å². The van der Waals surface area contributed by atoms with Gasteiger partial charge in [-0.05, 0) is 43.2 Å². The van der Waals surface area contributed by atoms with Gasteiger partial charge in [0.1, 0.15) is 16.4 Å². The summed E-state index contributed by atoms with van der Waals surface area (Å²) in [6, 6.07) is 14.8. The standard InChI is InChI=1S/C24H27N3O5S/c1-23(2,29)12-31-11-17-4-3-5-20(26-17)27-22-18(21(25)28)10-19(33-22)15-6-8-16(9-7-15)24(30)13-32-14-24/h3-10,29-30H,11-14H2,1-2H3,(H2,25,28)(H,26,27). The van der Waals surface area contributed by atoms with Crippen LogP contribution in [-0.4, -0.2) is 46.5 Å². The van der Waals surface area contributed by atoms with Crippen molar-refractivity contribution in [2.45, 2.75) is 31.7 Å². The van der Waals surface area contributed by atoms with Gasteiger partial charge in [-0.2, -0.15) is 0 Å². The fourth-order valence-electron chi connectivity index (χ4n) is 3.37. The van der Waals surface area contributed by atoms with E-state index in [0.29, 0.717) is 35.3 Å². The first-order valence-corrected chi connectivity index (χ1v) is 11.3. The fraction of sp³-hybridized carbons (Fsp3) is 0.333. The molecular formula is C24H27N3O5S. The molecule has 0 atom stereocenters. The maximum absolute atomic E-state index is 12.1. The molecule has 174 valence electrons. The van der Waals surface area contributed by atoms with Crippen LogP contribution in [0.4, 0.5) is 10.8 Å². The highest BCUT2D eigenvalue weighted by Gasteiger charge is 2.37. The molecule has 8 nitrogen and oxygen atoms in total. The molecule has 2 aromatic heterocycles.